The lowest BCUT2D eigenvalue weighted by Crippen LogP contribution is -1.99. The number of nitrogens with one attached hydrogen (secondary N) is 1. The van der Waals surface area contributed by atoms with E-state index in [9.17, 15) is 0 Å². The summed E-state index contributed by atoms with van der Waals surface area (Å²) < 4.78 is 12.7. The van der Waals surface area contributed by atoms with Crippen molar-refractivity contribution in [2.75, 3.05) is 18.5 Å². The fourth-order valence-electron chi connectivity index (χ4n) is 2.61. The van der Waals surface area contributed by atoms with Crippen LogP contribution in [0.4, 0.5) is 0 Å². The van der Waals surface area contributed by atoms with Crippen LogP contribution in [0.25, 0.3) is 0 Å². The van der Waals surface area contributed by atoms with E-state index in [0.717, 1.165) is 76.3 Å². The van der Waals surface area contributed by atoms with Crippen molar-refractivity contribution in [3.8, 4) is 6.07 Å². The number of nitriles is 1. The van der Waals surface area contributed by atoms with Gasteiger partial charge in [-0.25, -0.2) is 19.3 Å². The van der Waals surface area contributed by atoms with E-state index >= 15 is 0 Å². The monoisotopic (exact) mass is 625 g/mol. The molecule has 3 atom stereocenters. The molecule has 0 saturated carbocycles. The van der Waals surface area contributed by atoms with Gasteiger partial charge in [0.25, 0.3) is 0 Å². The van der Waals surface area contributed by atoms with E-state index in [1.54, 1.807) is 12.4 Å². The maximum Gasteiger partial charge on any atom is 0.134 e. The number of aliphatic imine (C=N–C) groups is 1. The second kappa shape index (κ2) is 23.5. The summed E-state index contributed by atoms with van der Waals surface area (Å²) in [4.78, 5) is 3.72. The summed E-state index contributed by atoms with van der Waals surface area (Å²) in [5.41, 5.74) is 17.9. The van der Waals surface area contributed by atoms with Crippen molar-refractivity contribution in [2.45, 2.75) is 85.0 Å². The Bertz CT molecular complexity index is 905. The molecule has 37 heavy (non-hydrogen) atoms. The van der Waals surface area contributed by atoms with Gasteiger partial charge in [0, 0.05) is 43.3 Å². The highest BCUT2D eigenvalue weighted by Gasteiger charge is 2.08. The molecule has 212 valence electrons. The Labute approximate surface area is 240 Å². The number of unbranched alkanes of at least 4 members (excludes halogenated alkanes) is 6. The van der Waals surface area contributed by atoms with Crippen molar-refractivity contribution in [1.29, 1.82) is 10.7 Å². The minimum atomic E-state index is -2.12. The summed E-state index contributed by atoms with van der Waals surface area (Å²) in [5, 5.41) is 15.5. The number of nitrogens with two attached hydrogens (primary N) is 3. The zero-order valence-electron chi connectivity index (χ0n) is 22.5. The molecule has 0 aliphatic carbocycles. The highest BCUT2D eigenvalue weighted by atomic mass is 32.5. The molecule has 3 unspecified atom stereocenters. The van der Waals surface area contributed by atoms with Crippen LogP contribution in [0.2, 0.25) is 0 Å². The Balaban J connectivity index is 0. The van der Waals surface area contributed by atoms with Crippen molar-refractivity contribution in [3.05, 3.63) is 0 Å². The highest BCUT2D eigenvalue weighted by molar-refractivity contribution is 8.13. The fourth-order valence-corrected chi connectivity index (χ4v) is 7.49. The minimum absolute atomic E-state index is 0.00236. The van der Waals surface area contributed by atoms with Gasteiger partial charge in [0.05, 0.1) is 12.5 Å². The van der Waals surface area contributed by atoms with E-state index in [1.165, 1.54) is 12.4 Å². The molecule has 0 spiro atoms. The Kier molecular flexibility index (Phi) is 24.7. The first-order valence-electron chi connectivity index (χ1n) is 12.6. The quantitative estimate of drug-likeness (QED) is 0.0580. The van der Waals surface area contributed by atoms with Gasteiger partial charge in [0.2, 0.25) is 0 Å². The third-order valence-corrected chi connectivity index (χ3v) is 11.6. The van der Waals surface area contributed by atoms with Gasteiger partial charge in [-0.05, 0) is 19.3 Å². The zero-order valence-corrected chi connectivity index (χ0v) is 27.7. The molecule has 0 aromatic heterocycles. The lowest BCUT2D eigenvalue weighted by molar-refractivity contribution is 0.775. The van der Waals surface area contributed by atoms with Crippen LogP contribution in [0.3, 0.4) is 0 Å². The van der Waals surface area contributed by atoms with Gasteiger partial charge in [-0.15, -0.1) is 0 Å². The standard InChI is InChI=1S/C12H28N4P2S2.C10H18N5PS/c1-3-5-7-11-17(13,19)15-9-10-16-18(14,20)12-8-6-4-2;1-2-3-4-9-16(13,17)15-8-7-14-10(12)5-6-11/h9-10H,3-8,11-12H2,1-2H3,(H2,13,19)(H2,14,20);7-8,12H,2-5,9H2,1H3,(H2,13,17). The number of hydrogen-bond donors (Lipinski definition) is 4. The van der Waals surface area contributed by atoms with E-state index in [0.29, 0.717) is 0 Å². The Hall–Kier alpha value is -0.330. The fraction of sp³-hybridized carbons (Fsp3) is 0.727. The average Bonchev–Trinajstić information content (AvgIpc) is 2.81. The molecule has 0 fully saturated rings. The average molecular weight is 626 g/mol. The van der Waals surface area contributed by atoms with Crippen molar-refractivity contribution in [1.82, 2.24) is 0 Å². The SMILES string of the molecule is CCCCCP(N)(=S)N=CC=NC(=N)CC#N.CCCCCP(N)(=S)N=CC=NP(N)(=S)CCCCC. The third-order valence-electron chi connectivity index (χ3n) is 4.64. The first kappa shape index (κ1) is 38.8. The number of hydrogen-bond acceptors (Lipinski definition) is 5. The van der Waals surface area contributed by atoms with Gasteiger partial charge < -0.3 is 0 Å². The molecule has 15 heteroatoms. The largest absolute Gasteiger partial charge is 0.286 e. The first-order valence-corrected chi connectivity index (χ1v) is 21.6. The van der Waals surface area contributed by atoms with Crippen molar-refractivity contribution >= 4 is 85.1 Å². The summed E-state index contributed by atoms with van der Waals surface area (Å²) in [5.74, 6) is 0.00950. The van der Waals surface area contributed by atoms with Gasteiger partial charge in [0.1, 0.15) is 24.9 Å². The molecule has 0 saturated heterocycles. The topological polar surface area (TPSA) is 175 Å². The predicted molar refractivity (Wildman–Crippen MR) is 181 cm³/mol. The highest BCUT2D eigenvalue weighted by Crippen LogP contribution is 2.40. The van der Waals surface area contributed by atoms with Crippen molar-refractivity contribution < 1.29 is 0 Å². The molecule has 0 aliphatic heterocycles. The van der Waals surface area contributed by atoms with Crippen LogP contribution in [0.15, 0.2) is 19.3 Å². The van der Waals surface area contributed by atoms with Crippen LogP contribution < -0.4 is 16.5 Å². The van der Waals surface area contributed by atoms with E-state index in [-0.39, 0.29) is 12.3 Å². The molecule has 9 nitrogen and oxygen atoms in total. The summed E-state index contributed by atoms with van der Waals surface area (Å²) >= 11 is 15.9. The summed E-state index contributed by atoms with van der Waals surface area (Å²) in [6, 6.07) is 1.84. The number of nitrogens with zero attached hydrogens (tertiary/aromatic N) is 5. The van der Waals surface area contributed by atoms with Crippen LogP contribution in [-0.4, -0.2) is 49.2 Å². The maximum absolute atomic E-state index is 8.31. The Morgan fingerprint density at radius 2 is 1.03 bits per heavy atom. The molecule has 0 amide bonds. The lowest BCUT2D eigenvalue weighted by atomic mass is 10.3. The molecular formula is C22H46N9P3S3. The second-order valence-electron chi connectivity index (χ2n) is 8.41. The summed E-state index contributed by atoms with van der Waals surface area (Å²) in [6.07, 6.45) is 12.1. The number of rotatable bonds is 18. The van der Waals surface area contributed by atoms with Gasteiger partial charge in [-0.2, -0.15) is 5.26 Å². The molecule has 0 radical (unpaired) electrons. The molecule has 0 heterocycles. The maximum atomic E-state index is 8.31. The Morgan fingerprint density at radius 1 is 0.703 bits per heavy atom. The van der Waals surface area contributed by atoms with E-state index in [2.05, 4.69) is 40.1 Å². The molecule has 0 aromatic carbocycles. The minimum Gasteiger partial charge on any atom is -0.286 e. The molecule has 0 rings (SSSR count). The van der Waals surface area contributed by atoms with Crippen molar-refractivity contribution in [3.63, 3.8) is 0 Å². The zero-order chi connectivity index (χ0) is 28.6. The van der Waals surface area contributed by atoms with Crippen molar-refractivity contribution in [2.24, 2.45) is 35.8 Å². The normalized spacial score (nSPS) is 16.8. The van der Waals surface area contributed by atoms with Crippen LogP contribution >= 0.6 is 19.0 Å². The van der Waals surface area contributed by atoms with Crippen LogP contribution in [0.5, 0.6) is 0 Å². The molecule has 0 aliphatic rings. The molecule has 7 N–H and O–H groups in total. The second-order valence-corrected chi connectivity index (χ2v) is 20.7. The smallest absolute Gasteiger partial charge is 0.134 e. The number of amidine groups is 1. The lowest BCUT2D eigenvalue weighted by Gasteiger charge is -2.11. The summed E-state index contributed by atoms with van der Waals surface area (Å²) in [6.45, 7) is 6.43. The van der Waals surface area contributed by atoms with E-state index in [1.807, 2.05) is 6.07 Å². The summed E-state index contributed by atoms with van der Waals surface area (Å²) in [7, 11) is 0. The van der Waals surface area contributed by atoms with Gasteiger partial charge in [-0.1, -0.05) is 94.7 Å². The van der Waals surface area contributed by atoms with E-state index in [4.69, 9.17) is 62.6 Å². The predicted octanol–water partition coefficient (Wildman–Crippen LogP) is 6.52. The third kappa shape index (κ3) is 28.5. The first-order chi connectivity index (χ1) is 17.3. The van der Waals surface area contributed by atoms with E-state index < -0.39 is 19.0 Å². The van der Waals surface area contributed by atoms with Gasteiger partial charge >= 0.3 is 0 Å². The molecule has 0 aromatic rings. The van der Waals surface area contributed by atoms with Crippen LogP contribution in [0.1, 0.15) is 85.0 Å². The van der Waals surface area contributed by atoms with Gasteiger partial charge in [-0.3, -0.25) is 21.9 Å². The molecule has 0 bridgehead atoms. The van der Waals surface area contributed by atoms with Crippen LogP contribution in [0, 0.1) is 16.7 Å². The van der Waals surface area contributed by atoms with Gasteiger partial charge in [0.15, 0.2) is 0 Å². The van der Waals surface area contributed by atoms with Crippen LogP contribution in [-0.2, 0) is 35.4 Å². The Morgan fingerprint density at radius 3 is 1.32 bits per heavy atom. The molecular weight excluding hydrogens is 579 g/mol.